The highest BCUT2D eigenvalue weighted by Gasteiger charge is 2.37. The van der Waals surface area contributed by atoms with Gasteiger partial charge < -0.3 is 20.4 Å². The first kappa shape index (κ1) is 28.3. The van der Waals surface area contributed by atoms with E-state index in [0.29, 0.717) is 29.3 Å². The van der Waals surface area contributed by atoms with E-state index in [1.165, 1.54) is 40.5 Å². The Morgan fingerprint density at radius 3 is 2.50 bits per heavy atom. The van der Waals surface area contributed by atoms with Crippen molar-refractivity contribution in [2.24, 2.45) is 5.92 Å². The molecule has 4 amide bonds. The van der Waals surface area contributed by atoms with Crippen LogP contribution in [-0.4, -0.2) is 80.8 Å². The summed E-state index contributed by atoms with van der Waals surface area (Å²) in [4.78, 5) is 47.7. The van der Waals surface area contributed by atoms with Gasteiger partial charge in [-0.25, -0.2) is 22.9 Å². The molecule has 0 spiro atoms. The minimum Gasteiger partial charge on any atom is -0.349 e. The van der Waals surface area contributed by atoms with Crippen LogP contribution in [0.1, 0.15) is 39.6 Å². The number of halogens is 1. The Labute approximate surface area is 231 Å². The number of hydrogen-bond acceptors (Lipinski definition) is 8. The zero-order valence-electron chi connectivity index (χ0n) is 21.4. The molecule has 0 bridgehead atoms. The molecule has 3 N–H and O–H groups in total. The molecule has 2 aromatic rings. The summed E-state index contributed by atoms with van der Waals surface area (Å²) in [7, 11) is 1.23. The van der Waals surface area contributed by atoms with Crippen LogP contribution < -0.4 is 15.4 Å². The van der Waals surface area contributed by atoms with E-state index in [-0.39, 0.29) is 22.6 Å². The molecule has 2 aliphatic rings. The number of carbonyl (C=O) groups excluding carboxylic acids is 3. The fourth-order valence-corrected chi connectivity index (χ4v) is 6.87. The second-order valence-electron chi connectivity index (χ2n) is 9.84. The van der Waals surface area contributed by atoms with Crippen LogP contribution in [0.2, 0.25) is 5.02 Å². The highest BCUT2D eigenvalue weighted by molar-refractivity contribution is 7.90. The maximum atomic E-state index is 13.2. The first-order chi connectivity index (χ1) is 17.9. The van der Waals surface area contributed by atoms with Crippen molar-refractivity contribution in [3.63, 3.8) is 0 Å². The van der Waals surface area contributed by atoms with Crippen LogP contribution >= 0.6 is 22.9 Å². The number of fused-ring (bicyclic) bond motifs is 1. The molecule has 11 nitrogen and oxygen atoms in total. The predicted octanol–water partition coefficient (Wildman–Crippen LogP) is 1.83. The van der Waals surface area contributed by atoms with E-state index >= 15 is 0 Å². The third-order valence-electron chi connectivity index (χ3n) is 6.74. The van der Waals surface area contributed by atoms with E-state index in [9.17, 15) is 22.8 Å². The van der Waals surface area contributed by atoms with Crippen LogP contribution in [-0.2, 0) is 27.8 Å². The molecular weight excluding hydrogens is 552 g/mol. The Balaban J connectivity index is 1.48. The van der Waals surface area contributed by atoms with E-state index in [2.05, 4.69) is 20.5 Å². The topological polar surface area (TPSA) is 141 Å². The van der Waals surface area contributed by atoms with Gasteiger partial charge in [0.1, 0.15) is 0 Å². The Hall–Kier alpha value is -2.74. The minimum atomic E-state index is -4.13. The van der Waals surface area contributed by atoms with Crippen molar-refractivity contribution in [2.75, 3.05) is 27.7 Å². The van der Waals surface area contributed by atoms with Gasteiger partial charge >= 0.3 is 6.03 Å². The summed E-state index contributed by atoms with van der Waals surface area (Å²) in [5, 5.41) is 6.34. The van der Waals surface area contributed by atoms with Gasteiger partial charge in [0, 0.05) is 49.4 Å². The Kier molecular flexibility index (Phi) is 8.60. The van der Waals surface area contributed by atoms with Crippen LogP contribution in [0.5, 0.6) is 0 Å². The largest absolute Gasteiger partial charge is 0.349 e. The molecule has 38 heavy (non-hydrogen) atoms. The lowest BCUT2D eigenvalue weighted by molar-refractivity contribution is -0.134. The molecule has 1 aromatic carbocycles. The predicted molar refractivity (Wildman–Crippen MR) is 144 cm³/mol. The van der Waals surface area contributed by atoms with Gasteiger partial charge in [0.15, 0.2) is 5.01 Å². The van der Waals surface area contributed by atoms with Gasteiger partial charge in [0.2, 0.25) is 5.91 Å². The standard InChI is InChI=1S/C24H31ClN6O5S2/c1-30(2)23(33)14-4-9-17(28-24(34)29-38(35,36)16-7-5-15(25)6-8-16)19(12-14)26-21(32)22-27-18-10-11-31(3)13-20(18)37-22/h5-8,14,17,19H,4,9-13H2,1-3H3,(H,26,32)(H2,28,29,34)/t14-,17-,19+/m0/s1. The van der Waals surface area contributed by atoms with E-state index in [1.807, 2.05) is 11.8 Å². The Bertz CT molecular complexity index is 1310. The van der Waals surface area contributed by atoms with E-state index in [0.717, 1.165) is 30.1 Å². The fourth-order valence-electron chi connectivity index (χ4n) is 4.74. The second kappa shape index (κ2) is 11.6. The summed E-state index contributed by atoms with van der Waals surface area (Å²) in [6.07, 6.45) is 1.93. The van der Waals surface area contributed by atoms with Gasteiger partial charge in [-0.3, -0.25) is 9.59 Å². The SMILES string of the molecule is CN1CCc2nc(C(=O)N[C@@H]3C[C@@H](C(=O)N(C)C)CC[C@@H]3NC(=O)NS(=O)(=O)c3ccc(Cl)cc3)sc2C1. The summed E-state index contributed by atoms with van der Waals surface area (Å²) >= 11 is 7.17. The van der Waals surface area contributed by atoms with Crippen LogP contribution in [0.25, 0.3) is 0 Å². The van der Waals surface area contributed by atoms with Crippen molar-refractivity contribution in [1.82, 2.24) is 30.1 Å². The monoisotopic (exact) mass is 582 g/mol. The maximum Gasteiger partial charge on any atom is 0.328 e. The van der Waals surface area contributed by atoms with Gasteiger partial charge in [0.05, 0.1) is 22.7 Å². The smallest absolute Gasteiger partial charge is 0.328 e. The third kappa shape index (κ3) is 6.63. The van der Waals surface area contributed by atoms with Crippen molar-refractivity contribution in [3.8, 4) is 0 Å². The minimum absolute atomic E-state index is 0.0646. The highest BCUT2D eigenvalue weighted by Crippen LogP contribution is 2.28. The number of carbonyl (C=O) groups is 3. The average molecular weight is 583 g/mol. The Morgan fingerprint density at radius 1 is 1.11 bits per heavy atom. The molecule has 3 atom stereocenters. The maximum absolute atomic E-state index is 13.2. The van der Waals surface area contributed by atoms with Crippen molar-refractivity contribution < 1.29 is 22.8 Å². The first-order valence-electron chi connectivity index (χ1n) is 12.2. The van der Waals surface area contributed by atoms with Gasteiger partial charge in [-0.1, -0.05) is 11.6 Å². The fraction of sp³-hybridized carbons (Fsp3) is 0.500. The van der Waals surface area contributed by atoms with Crippen molar-refractivity contribution >= 4 is 50.8 Å². The molecular formula is C24H31ClN6O5S2. The molecule has 1 aromatic heterocycles. The van der Waals surface area contributed by atoms with E-state index in [1.54, 1.807) is 14.1 Å². The van der Waals surface area contributed by atoms with Crippen molar-refractivity contribution in [1.29, 1.82) is 0 Å². The number of sulfonamides is 1. The molecule has 1 aliphatic carbocycles. The lowest BCUT2D eigenvalue weighted by atomic mass is 9.81. The average Bonchev–Trinajstić information content (AvgIpc) is 3.28. The second-order valence-corrected chi connectivity index (χ2v) is 13.0. The van der Waals surface area contributed by atoms with Crippen LogP contribution in [0.4, 0.5) is 4.79 Å². The molecule has 2 heterocycles. The zero-order chi connectivity index (χ0) is 27.6. The van der Waals surface area contributed by atoms with E-state index in [4.69, 9.17) is 11.6 Å². The molecule has 206 valence electrons. The van der Waals surface area contributed by atoms with Crippen molar-refractivity contribution in [2.45, 2.75) is 49.2 Å². The summed E-state index contributed by atoms with van der Waals surface area (Å²) in [5.41, 5.74) is 0.920. The number of aromatic nitrogens is 1. The molecule has 0 saturated heterocycles. The number of urea groups is 1. The number of rotatable bonds is 6. The van der Waals surface area contributed by atoms with Crippen LogP contribution in [0.3, 0.4) is 0 Å². The van der Waals surface area contributed by atoms with Crippen molar-refractivity contribution in [3.05, 3.63) is 44.9 Å². The molecule has 4 rings (SSSR count). The van der Waals surface area contributed by atoms with Gasteiger partial charge in [-0.15, -0.1) is 11.3 Å². The zero-order valence-corrected chi connectivity index (χ0v) is 23.8. The third-order valence-corrected chi connectivity index (χ3v) is 9.42. The molecule has 0 unspecified atom stereocenters. The van der Waals surface area contributed by atoms with Gasteiger partial charge in [-0.2, -0.15) is 0 Å². The number of nitrogens with zero attached hydrogens (tertiary/aromatic N) is 3. The summed E-state index contributed by atoms with van der Waals surface area (Å²) in [6, 6.07) is 3.31. The summed E-state index contributed by atoms with van der Waals surface area (Å²) < 4.78 is 27.3. The number of benzene rings is 1. The first-order valence-corrected chi connectivity index (χ1v) is 14.9. The lowest BCUT2D eigenvalue weighted by Gasteiger charge is -2.37. The molecule has 1 saturated carbocycles. The van der Waals surface area contributed by atoms with Crippen LogP contribution in [0.15, 0.2) is 29.2 Å². The summed E-state index contributed by atoms with van der Waals surface area (Å²) in [5.74, 6) is -0.784. The van der Waals surface area contributed by atoms with Gasteiger partial charge in [0.25, 0.3) is 15.9 Å². The highest BCUT2D eigenvalue weighted by atomic mass is 35.5. The van der Waals surface area contributed by atoms with Gasteiger partial charge in [-0.05, 0) is 50.6 Å². The Morgan fingerprint density at radius 2 is 1.82 bits per heavy atom. The molecule has 0 radical (unpaired) electrons. The molecule has 14 heteroatoms. The summed E-state index contributed by atoms with van der Waals surface area (Å²) in [6.45, 7) is 1.60. The number of thiazole rings is 1. The number of hydrogen-bond donors (Lipinski definition) is 3. The van der Waals surface area contributed by atoms with Crippen LogP contribution in [0, 0.1) is 5.92 Å². The number of amides is 4. The quantitative estimate of drug-likeness (QED) is 0.472. The number of likely N-dealkylation sites (N-methyl/N-ethyl adjacent to an activating group) is 1. The molecule has 1 aliphatic heterocycles. The lowest BCUT2D eigenvalue weighted by Crippen LogP contribution is -2.57. The molecule has 1 fully saturated rings. The number of nitrogens with one attached hydrogen (secondary N) is 3. The van der Waals surface area contributed by atoms with E-state index < -0.39 is 28.1 Å². The normalized spacial score (nSPS) is 21.7.